The molecule has 23 heavy (non-hydrogen) atoms. The first-order valence-electron chi connectivity index (χ1n) is 6.47. The Hall–Kier alpha value is -2.62. The van der Waals surface area contributed by atoms with Crippen LogP contribution in [0.15, 0.2) is 24.3 Å². The number of benzene rings is 1. The summed E-state index contributed by atoms with van der Waals surface area (Å²) in [5.74, 6) is -0.778. The summed E-state index contributed by atoms with van der Waals surface area (Å²) in [6.45, 7) is 0.166. The molecule has 1 aromatic heterocycles. The van der Waals surface area contributed by atoms with Crippen molar-refractivity contribution in [3.63, 3.8) is 0 Å². The van der Waals surface area contributed by atoms with Crippen LogP contribution in [0.4, 0.5) is 5.82 Å². The second kappa shape index (κ2) is 6.24. The number of ether oxygens (including phenoxy) is 1. The lowest BCUT2D eigenvalue weighted by atomic mass is 10.2. The Morgan fingerprint density at radius 1 is 1.35 bits per heavy atom. The van der Waals surface area contributed by atoms with Crippen molar-refractivity contribution in [1.29, 1.82) is 0 Å². The molecule has 0 bridgehead atoms. The fraction of sp³-hybridized carbons (Fsp3) is 0.308. The van der Waals surface area contributed by atoms with Crippen molar-refractivity contribution in [3.8, 4) is 5.75 Å². The lowest BCUT2D eigenvalue weighted by Gasteiger charge is -2.18. The molecule has 0 amide bonds. The second-order valence-corrected chi connectivity index (χ2v) is 6.82. The molecule has 10 heteroatoms. The summed E-state index contributed by atoms with van der Waals surface area (Å²) in [6.07, 6.45) is 0.976. The van der Waals surface area contributed by atoms with E-state index in [0.717, 1.165) is 16.1 Å². The van der Waals surface area contributed by atoms with Crippen LogP contribution in [0.5, 0.6) is 5.75 Å². The van der Waals surface area contributed by atoms with Crippen molar-refractivity contribution >= 4 is 21.8 Å². The van der Waals surface area contributed by atoms with Crippen LogP contribution in [0.1, 0.15) is 16.1 Å². The standard InChI is InChI=1S/C13H16N4O5S/c1-16(23(3,20)21)12-11(13(18)19)14-15-17(12)8-9-4-6-10(22-2)7-5-9/h4-7H,8H2,1-3H3,(H,18,19). The van der Waals surface area contributed by atoms with Crippen molar-refractivity contribution in [2.45, 2.75) is 6.54 Å². The van der Waals surface area contributed by atoms with Crippen molar-refractivity contribution in [1.82, 2.24) is 15.0 Å². The molecule has 1 N–H and O–H groups in total. The summed E-state index contributed by atoms with van der Waals surface area (Å²) in [6, 6.07) is 7.02. The smallest absolute Gasteiger partial charge is 0.360 e. The van der Waals surface area contributed by atoms with Crippen LogP contribution in [0.25, 0.3) is 0 Å². The molecule has 124 valence electrons. The number of aromatic carboxylic acids is 1. The molecule has 0 spiro atoms. The highest BCUT2D eigenvalue weighted by Crippen LogP contribution is 2.21. The monoisotopic (exact) mass is 340 g/mol. The van der Waals surface area contributed by atoms with Gasteiger partial charge in [-0.2, -0.15) is 0 Å². The largest absolute Gasteiger partial charge is 0.497 e. The van der Waals surface area contributed by atoms with Gasteiger partial charge in [0.25, 0.3) is 0 Å². The van der Waals surface area contributed by atoms with Crippen molar-refractivity contribution in [3.05, 3.63) is 35.5 Å². The van der Waals surface area contributed by atoms with Gasteiger partial charge in [0.15, 0.2) is 5.82 Å². The van der Waals surface area contributed by atoms with Gasteiger partial charge in [-0.3, -0.25) is 4.31 Å². The SMILES string of the molecule is COc1ccc(Cn2nnc(C(=O)O)c2N(C)S(C)(=O)=O)cc1. The molecule has 1 aromatic carbocycles. The average Bonchev–Trinajstić information content (AvgIpc) is 2.90. The first-order valence-corrected chi connectivity index (χ1v) is 8.32. The van der Waals surface area contributed by atoms with E-state index in [9.17, 15) is 18.3 Å². The summed E-state index contributed by atoms with van der Waals surface area (Å²) in [5.41, 5.74) is 0.363. The normalized spacial score (nSPS) is 11.3. The number of carboxylic acids is 1. The summed E-state index contributed by atoms with van der Waals surface area (Å²) in [7, 11) is -0.857. The van der Waals surface area contributed by atoms with Crippen LogP contribution < -0.4 is 9.04 Å². The maximum Gasteiger partial charge on any atom is 0.360 e. The number of sulfonamides is 1. The fourth-order valence-electron chi connectivity index (χ4n) is 1.93. The van der Waals surface area contributed by atoms with Crippen molar-refractivity contribution in [2.75, 3.05) is 24.7 Å². The molecular formula is C13H16N4O5S. The Morgan fingerprint density at radius 2 is 1.96 bits per heavy atom. The molecule has 2 aromatic rings. The molecule has 0 saturated heterocycles. The zero-order chi connectivity index (χ0) is 17.2. The Kier molecular flexibility index (Phi) is 4.55. The lowest BCUT2D eigenvalue weighted by Crippen LogP contribution is -2.29. The lowest BCUT2D eigenvalue weighted by molar-refractivity contribution is 0.0691. The molecule has 0 atom stereocenters. The van der Waals surface area contributed by atoms with Gasteiger partial charge in [-0.25, -0.2) is 17.9 Å². The van der Waals surface area contributed by atoms with Gasteiger partial charge in [0, 0.05) is 7.05 Å². The first-order chi connectivity index (χ1) is 10.7. The summed E-state index contributed by atoms with van der Waals surface area (Å²) >= 11 is 0. The minimum Gasteiger partial charge on any atom is -0.497 e. The van der Waals surface area contributed by atoms with E-state index in [-0.39, 0.29) is 12.4 Å². The number of rotatable bonds is 6. The van der Waals surface area contributed by atoms with E-state index >= 15 is 0 Å². The molecule has 0 fully saturated rings. The molecule has 0 aliphatic carbocycles. The Bertz CT molecular complexity index is 813. The third-order valence-corrected chi connectivity index (χ3v) is 4.37. The van der Waals surface area contributed by atoms with Crippen LogP contribution >= 0.6 is 0 Å². The maximum absolute atomic E-state index is 11.7. The highest BCUT2D eigenvalue weighted by Gasteiger charge is 2.27. The highest BCUT2D eigenvalue weighted by atomic mass is 32.2. The number of hydrogen-bond acceptors (Lipinski definition) is 6. The molecule has 2 rings (SSSR count). The topological polar surface area (TPSA) is 115 Å². The van der Waals surface area contributed by atoms with E-state index in [1.54, 1.807) is 31.4 Å². The number of anilines is 1. The number of carboxylic acid groups (broad SMARTS) is 1. The predicted molar refractivity (Wildman–Crippen MR) is 82.3 cm³/mol. The van der Waals surface area contributed by atoms with E-state index in [2.05, 4.69) is 10.3 Å². The van der Waals surface area contributed by atoms with E-state index < -0.39 is 21.7 Å². The zero-order valence-corrected chi connectivity index (χ0v) is 13.6. The minimum absolute atomic E-state index is 0.101. The van der Waals surface area contributed by atoms with Gasteiger partial charge in [-0.05, 0) is 17.7 Å². The average molecular weight is 340 g/mol. The van der Waals surface area contributed by atoms with E-state index in [1.807, 2.05) is 0 Å². The van der Waals surface area contributed by atoms with Crippen LogP contribution in [-0.2, 0) is 16.6 Å². The number of carbonyl (C=O) groups is 1. The Balaban J connectivity index is 2.44. The molecular weight excluding hydrogens is 324 g/mol. The van der Waals surface area contributed by atoms with Crippen molar-refractivity contribution in [2.24, 2.45) is 0 Å². The van der Waals surface area contributed by atoms with Crippen LogP contribution in [0.2, 0.25) is 0 Å². The van der Waals surface area contributed by atoms with Gasteiger partial charge in [-0.15, -0.1) is 5.10 Å². The number of hydrogen-bond donors (Lipinski definition) is 1. The maximum atomic E-state index is 11.7. The molecule has 0 aliphatic heterocycles. The van der Waals surface area contributed by atoms with Gasteiger partial charge in [-0.1, -0.05) is 17.3 Å². The van der Waals surface area contributed by atoms with Crippen LogP contribution in [0, 0.1) is 0 Å². The molecule has 0 saturated carbocycles. The highest BCUT2D eigenvalue weighted by molar-refractivity contribution is 7.92. The third-order valence-electron chi connectivity index (χ3n) is 3.20. The molecule has 0 unspecified atom stereocenters. The second-order valence-electron chi connectivity index (χ2n) is 4.80. The summed E-state index contributed by atoms with van der Waals surface area (Å²) in [4.78, 5) is 11.2. The summed E-state index contributed by atoms with van der Waals surface area (Å²) < 4.78 is 30.6. The molecule has 0 aliphatic rings. The van der Waals surface area contributed by atoms with Gasteiger partial charge < -0.3 is 9.84 Å². The third kappa shape index (κ3) is 3.59. The van der Waals surface area contributed by atoms with E-state index in [0.29, 0.717) is 5.75 Å². The molecule has 9 nitrogen and oxygen atoms in total. The number of methoxy groups -OCH3 is 1. The number of nitrogens with zero attached hydrogens (tertiary/aromatic N) is 4. The first kappa shape index (κ1) is 16.7. The Morgan fingerprint density at radius 3 is 2.43 bits per heavy atom. The van der Waals surface area contributed by atoms with Gasteiger partial charge >= 0.3 is 5.97 Å². The zero-order valence-electron chi connectivity index (χ0n) is 12.8. The van der Waals surface area contributed by atoms with E-state index in [1.165, 1.54) is 11.7 Å². The van der Waals surface area contributed by atoms with Crippen LogP contribution in [0.3, 0.4) is 0 Å². The fourth-order valence-corrected chi connectivity index (χ4v) is 2.42. The number of aromatic nitrogens is 3. The quantitative estimate of drug-likeness (QED) is 0.811. The van der Waals surface area contributed by atoms with Gasteiger partial charge in [0.2, 0.25) is 15.7 Å². The molecule has 0 radical (unpaired) electrons. The van der Waals surface area contributed by atoms with E-state index in [4.69, 9.17) is 4.74 Å². The molecule has 1 heterocycles. The van der Waals surface area contributed by atoms with Crippen molar-refractivity contribution < 1.29 is 23.1 Å². The predicted octanol–water partition coefficient (Wildman–Crippen LogP) is 0.429. The van der Waals surface area contributed by atoms with Gasteiger partial charge in [0.1, 0.15) is 5.75 Å². The minimum atomic E-state index is -3.66. The van der Waals surface area contributed by atoms with Gasteiger partial charge in [0.05, 0.1) is 19.9 Å². The summed E-state index contributed by atoms with van der Waals surface area (Å²) in [5, 5.41) is 16.5. The van der Waals surface area contributed by atoms with Crippen LogP contribution in [-0.4, -0.2) is 54.9 Å². The Labute approximate surface area is 133 Å².